The van der Waals surface area contributed by atoms with Crippen molar-refractivity contribution >= 4 is 5.97 Å². The highest BCUT2D eigenvalue weighted by Crippen LogP contribution is 2.40. The lowest BCUT2D eigenvalue weighted by atomic mass is 9.97. The van der Waals surface area contributed by atoms with E-state index in [4.69, 9.17) is 5.26 Å². The van der Waals surface area contributed by atoms with Gasteiger partial charge in [0.15, 0.2) is 0 Å². The first-order chi connectivity index (χ1) is 9.35. The highest BCUT2D eigenvalue weighted by Gasteiger charge is 2.38. The second-order valence-electron chi connectivity index (χ2n) is 3.76. The van der Waals surface area contributed by atoms with E-state index in [2.05, 4.69) is 9.47 Å². The van der Waals surface area contributed by atoms with Gasteiger partial charge in [0, 0.05) is 0 Å². The number of benzene rings is 1. The molecule has 0 N–H and O–H groups in total. The third-order valence-corrected chi connectivity index (χ3v) is 2.52. The van der Waals surface area contributed by atoms with Crippen molar-refractivity contribution in [1.29, 1.82) is 5.26 Å². The number of nitrogens with zero attached hydrogens (tertiary/aromatic N) is 1. The number of rotatable bonds is 4. The van der Waals surface area contributed by atoms with Crippen molar-refractivity contribution < 1.29 is 27.4 Å². The second kappa shape index (κ2) is 6.28. The summed E-state index contributed by atoms with van der Waals surface area (Å²) in [6.45, 7) is 1.59. The Morgan fingerprint density at radius 2 is 2.05 bits per heavy atom. The predicted molar refractivity (Wildman–Crippen MR) is 63.0 cm³/mol. The fourth-order valence-electron chi connectivity index (χ4n) is 1.75. The van der Waals surface area contributed by atoms with Crippen LogP contribution in [-0.2, 0) is 22.1 Å². The molecule has 0 heterocycles. The van der Waals surface area contributed by atoms with E-state index in [0.717, 1.165) is 13.2 Å². The highest BCUT2D eigenvalue weighted by atomic mass is 19.4. The van der Waals surface area contributed by atoms with Crippen molar-refractivity contribution in [2.24, 2.45) is 0 Å². The molecule has 0 aliphatic rings. The Balaban J connectivity index is 3.44. The molecule has 20 heavy (non-hydrogen) atoms. The Morgan fingerprint density at radius 3 is 2.50 bits per heavy atom. The maximum Gasteiger partial charge on any atom is 0.420 e. The van der Waals surface area contributed by atoms with Crippen LogP contribution in [0.2, 0.25) is 0 Å². The maximum absolute atomic E-state index is 13.1. The third-order valence-electron chi connectivity index (χ3n) is 2.52. The minimum Gasteiger partial charge on any atom is -0.496 e. The van der Waals surface area contributed by atoms with E-state index in [1.807, 2.05) is 0 Å². The molecule has 0 spiro atoms. The molecular weight excluding hydrogens is 275 g/mol. The van der Waals surface area contributed by atoms with Crippen molar-refractivity contribution in [3.8, 4) is 11.8 Å². The number of hydrogen-bond donors (Lipinski definition) is 0. The normalized spacial score (nSPS) is 10.8. The summed E-state index contributed by atoms with van der Waals surface area (Å²) in [5.74, 6) is -1.27. The van der Waals surface area contributed by atoms with Gasteiger partial charge in [-0.05, 0) is 24.6 Å². The molecule has 1 aromatic carbocycles. The molecule has 0 atom stereocenters. The number of methoxy groups -OCH3 is 1. The van der Waals surface area contributed by atoms with Gasteiger partial charge in [0.25, 0.3) is 0 Å². The molecule has 7 heteroatoms. The minimum atomic E-state index is -4.74. The minimum absolute atomic E-state index is 0.0477. The molecule has 0 saturated heterocycles. The lowest BCUT2D eigenvalue weighted by Crippen LogP contribution is -2.17. The molecular formula is C13H12F3NO3. The van der Waals surface area contributed by atoms with Gasteiger partial charge < -0.3 is 9.47 Å². The van der Waals surface area contributed by atoms with E-state index >= 15 is 0 Å². The number of carbonyl (C=O) groups is 1. The standard InChI is InChI=1S/C13H12F3NO3/c1-3-20-11(18)6-9-8(7-17)4-5-10(19-2)12(9)13(14,15)16/h4-5H,3,6H2,1-2H3. The van der Waals surface area contributed by atoms with Gasteiger partial charge in [0.2, 0.25) is 0 Å². The molecule has 4 nitrogen and oxygen atoms in total. The van der Waals surface area contributed by atoms with Crippen molar-refractivity contribution in [1.82, 2.24) is 0 Å². The van der Waals surface area contributed by atoms with Gasteiger partial charge in [-0.3, -0.25) is 4.79 Å². The van der Waals surface area contributed by atoms with Crippen molar-refractivity contribution in [3.63, 3.8) is 0 Å². The molecule has 0 fully saturated rings. The average Bonchev–Trinajstić information content (AvgIpc) is 2.36. The fraction of sp³-hybridized carbons (Fsp3) is 0.385. The zero-order valence-corrected chi connectivity index (χ0v) is 10.9. The van der Waals surface area contributed by atoms with Crippen LogP contribution in [0.4, 0.5) is 13.2 Å². The average molecular weight is 287 g/mol. The van der Waals surface area contributed by atoms with Crippen LogP contribution in [0.15, 0.2) is 12.1 Å². The molecule has 0 radical (unpaired) electrons. The monoisotopic (exact) mass is 287 g/mol. The summed E-state index contributed by atoms with van der Waals surface area (Å²) in [6.07, 6.45) is -5.37. The lowest BCUT2D eigenvalue weighted by molar-refractivity contribution is -0.143. The van der Waals surface area contributed by atoms with Gasteiger partial charge in [0.1, 0.15) is 11.3 Å². The first kappa shape index (κ1) is 15.8. The van der Waals surface area contributed by atoms with Crippen LogP contribution in [-0.4, -0.2) is 19.7 Å². The maximum atomic E-state index is 13.1. The summed E-state index contributed by atoms with van der Waals surface area (Å²) in [4.78, 5) is 11.4. The first-order valence-electron chi connectivity index (χ1n) is 5.67. The summed E-state index contributed by atoms with van der Waals surface area (Å²) in [6, 6.07) is 3.88. The van der Waals surface area contributed by atoms with Gasteiger partial charge in [-0.2, -0.15) is 18.4 Å². The number of ether oxygens (including phenoxy) is 2. The Morgan fingerprint density at radius 1 is 1.40 bits per heavy atom. The number of halogens is 3. The van der Waals surface area contributed by atoms with Crippen LogP contribution in [0.5, 0.6) is 5.75 Å². The quantitative estimate of drug-likeness (QED) is 0.799. The van der Waals surface area contributed by atoms with E-state index in [0.29, 0.717) is 0 Å². The largest absolute Gasteiger partial charge is 0.496 e. The van der Waals surface area contributed by atoms with Crippen molar-refractivity contribution in [2.45, 2.75) is 19.5 Å². The van der Waals surface area contributed by atoms with E-state index < -0.39 is 35.4 Å². The van der Waals surface area contributed by atoms with E-state index in [9.17, 15) is 18.0 Å². The molecule has 0 aliphatic heterocycles. The number of esters is 1. The Hall–Kier alpha value is -2.23. The summed E-state index contributed by atoms with van der Waals surface area (Å²) >= 11 is 0. The van der Waals surface area contributed by atoms with Gasteiger partial charge in [-0.1, -0.05) is 0 Å². The third kappa shape index (κ3) is 3.41. The van der Waals surface area contributed by atoms with Gasteiger partial charge in [-0.15, -0.1) is 0 Å². The zero-order valence-electron chi connectivity index (χ0n) is 10.9. The van der Waals surface area contributed by atoms with Crippen LogP contribution in [0, 0.1) is 11.3 Å². The Labute approximate surface area is 113 Å². The van der Waals surface area contributed by atoms with Crippen molar-refractivity contribution in [2.75, 3.05) is 13.7 Å². The number of hydrogen-bond acceptors (Lipinski definition) is 4. The Bertz CT molecular complexity index is 547. The van der Waals surface area contributed by atoms with E-state index in [1.54, 1.807) is 13.0 Å². The highest BCUT2D eigenvalue weighted by molar-refractivity contribution is 5.75. The van der Waals surface area contributed by atoms with Crippen LogP contribution >= 0.6 is 0 Å². The molecule has 0 bridgehead atoms. The van der Waals surface area contributed by atoms with Gasteiger partial charge in [0.05, 0.1) is 31.8 Å². The number of carbonyl (C=O) groups excluding carboxylic acids is 1. The molecule has 0 saturated carbocycles. The summed E-state index contributed by atoms with van der Waals surface area (Å²) in [5.41, 5.74) is -1.78. The molecule has 0 aromatic heterocycles. The van der Waals surface area contributed by atoms with Crippen LogP contribution in [0.25, 0.3) is 0 Å². The molecule has 0 amide bonds. The summed E-state index contributed by atoms with van der Waals surface area (Å²) < 4.78 is 48.6. The van der Waals surface area contributed by atoms with Gasteiger partial charge >= 0.3 is 12.1 Å². The number of nitriles is 1. The van der Waals surface area contributed by atoms with Crippen LogP contribution in [0.1, 0.15) is 23.6 Å². The molecule has 0 unspecified atom stereocenters. The summed E-state index contributed by atoms with van der Waals surface area (Å²) in [5, 5.41) is 8.90. The lowest BCUT2D eigenvalue weighted by Gasteiger charge is -2.17. The smallest absolute Gasteiger partial charge is 0.420 e. The topological polar surface area (TPSA) is 59.3 Å². The fourth-order valence-corrected chi connectivity index (χ4v) is 1.75. The predicted octanol–water partition coefficient (Wildman–Crippen LogP) is 2.69. The first-order valence-corrected chi connectivity index (χ1v) is 5.67. The molecule has 1 aromatic rings. The molecule has 1 rings (SSSR count). The summed E-state index contributed by atoms with van der Waals surface area (Å²) in [7, 11) is 1.09. The second-order valence-corrected chi connectivity index (χ2v) is 3.76. The van der Waals surface area contributed by atoms with E-state index in [-0.39, 0.29) is 12.2 Å². The molecule has 108 valence electrons. The SMILES string of the molecule is CCOC(=O)Cc1c(C#N)ccc(OC)c1C(F)(F)F. The van der Waals surface area contributed by atoms with Crippen LogP contribution in [0.3, 0.4) is 0 Å². The number of alkyl halides is 3. The molecule has 0 aliphatic carbocycles. The van der Waals surface area contributed by atoms with Crippen molar-refractivity contribution in [3.05, 3.63) is 28.8 Å². The van der Waals surface area contributed by atoms with Crippen LogP contribution < -0.4 is 4.74 Å². The Kier molecular flexibility index (Phi) is 4.97. The van der Waals surface area contributed by atoms with Gasteiger partial charge in [-0.25, -0.2) is 0 Å². The zero-order chi connectivity index (χ0) is 15.3. The van der Waals surface area contributed by atoms with E-state index in [1.165, 1.54) is 6.07 Å².